The molecule has 0 atom stereocenters. The minimum atomic E-state index is -3.84. The molecule has 152 valence electrons. The second-order valence-electron chi connectivity index (χ2n) is 6.89. The van der Waals surface area contributed by atoms with Gasteiger partial charge in [0.2, 0.25) is 0 Å². The third-order valence-electron chi connectivity index (χ3n) is 4.55. The zero-order chi connectivity index (χ0) is 21.3. The van der Waals surface area contributed by atoms with Crippen molar-refractivity contribution in [2.45, 2.75) is 18.7 Å². The van der Waals surface area contributed by atoms with Crippen LogP contribution in [0.15, 0.2) is 71.6 Å². The van der Waals surface area contributed by atoms with E-state index in [2.05, 4.69) is 15.0 Å². The van der Waals surface area contributed by atoms with Gasteiger partial charge in [0, 0.05) is 11.3 Å². The lowest BCUT2D eigenvalue weighted by molar-refractivity contribution is 0.102. The molecule has 0 radical (unpaired) electrons. The number of para-hydroxylation sites is 1. The monoisotopic (exact) mass is 437 g/mol. The molecule has 0 fully saturated rings. The van der Waals surface area contributed by atoms with Crippen LogP contribution in [0.4, 0.5) is 10.8 Å². The summed E-state index contributed by atoms with van der Waals surface area (Å²) < 4.78 is 29.2. The second kappa shape index (κ2) is 7.89. The van der Waals surface area contributed by atoms with Crippen molar-refractivity contribution in [2.75, 3.05) is 10.0 Å². The largest absolute Gasteiger partial charge is 0.298 e. The number of rotatable bonds is 5. The van der Waals surface area contributed by atoms with Gasteiger partial charge >= 0.3 is 0 Å². The topological polar surface area (TPSA) is 88.2 Å². The number of sulfonamides is 1. The fraction of sp³-hybridized carbons (Fsp3) is 0.0909. The van der Waals surface area contributed by atoms with Crippen LogP contribution in [0.25, 0.3) is 10.2 Å². The number of hydrogen-bond donors (Lipinski definition) is 2. The first-order chi connectivity index (χ1) is 14.3. The summed E-state index contributed by atoms with van der Waals surface area (Å²) in [6.45, 7) is 3.64. The van der Waals surface area contributed by atoms with Gasteiger partial charge in [0.15, 0.2) is 5.13 Å². The molecule has 0 aliphatic rings. The molecule has 4 aromatic rings. The number of hydrogen-bond acceptors (Lipinski definition) is 5. The number of fused-ring (bicyclic) bond motifs is 1. The zero-order valence-electron chi connectivity index (χ0n) is 16.3. The van der Waals surface area contributed by atoms with Gasteiger partial charge in [-0.3, -0.25) is 14.8 Å². The highest BCUT2D eigenvalue weighted by Crippen LogP contribution is 2.26. The van der Waals surface area contributed by atoms with Gasteiger partial charge in [-0.05, 0) is 61.4 Å². The smallest absolute Gasteiger partial charge is 0.261 e. The Morgan fingerprint density at radius 1 is 0.967 bits per heavy atom. The molecule has 30 heavy (non-hydrogen) atoms. The van der Waals surface area contributed by atoms with Crippen LogP contribution >= 0.6 is 11.3 Å². The van der Waals surface area contributed by atoms with Crippen molar-refractivity contribution >= 4 is 48.3 Å². The average Bonchev–Trinajstić information content (AvgIpc) is 3.10. The summed E-state index contributed by atoms with van der Waals surface area (Å²) in [5.41, 5.74) is 3.16. The fourth-order valence-electron chi connectivity index (χ4n) is 3.03. The zero-order valence-corrected chi connectivity index (χ0v) is 18.0. The van der Waals surface area contributed by atoms with E-state index in [9.17, 15) is 13.2 Å². The normalized spacial score (nSPS) is 11.4. The Bertz CT molecular complexity index is 1330. The third-order valence-corrected chi connectivity index (χ3v) is 6.88. The summed E-state index contributed by atoms with van der Waals surface area (Å²) in [4.78, 5) is 17.3. The predicted octanol–water partition coefficient (Wildman–Crippen LogP) is 4.97. The molecule has 0 saturated heterocycles. The summed E-state index contributed by atoms with van der Waals surface area (Å²) in [6.07, 6.45) is 0. The molecule has 0 unspecified atom stereocenters. The molecule has 1 heterocycles. The summed E-state index contributed by atoms with van der Waals surface area (Å²) in [6, 6.07) is 19.2. The number of nitrogens with one attached hydrogen (secondary N) is 2. The maximum Gasteiger partial charge on any atom is 0.261 e. The lowest BCUT2D eigenvalue weighted by atomic mass is 10.1. The van der Waals surface area contributed by atoms with Gasteiger partial charge < -0.3 is 0 Å². The number of anilines is 2. The summed E-state index contributed by atoms with van der Waals surface area (Å²) in [5, 5.41) is 3.24. The van der Waals surface area contributed by atoms with Gasteiger partial charge in [-0.25, -0.2) is 13.4 Å². The first-order valence-corrected chi connectivity index (χ1v) is 11.5. The molecular formula is C22H19N3O3S2. The standard InChI is InChI=1S/C22H19N3O3S2/c1-14-6-5-7-16(12-14)25-30(27,28)17-11-10-15(2)18(13-17)21(26)24-22-23-19-8-3-4-9-20(19)29-22/h3-13,25H,1-2H3,(H,23,24,26). The average molecular weight is 438 g/mol. The number of carbonyl (C=O) groups excluding carboxylic acids is 1. The van der Waals surface area contributed by atoms with E-state index >= 15 is 0 Å². The lowest BCUT2D eigenvalue weighted by Gasteiger charge is -2.11. The van der Waals surface area contributed by atoms with Crippen LogP contribution in [-0.4, -0.2) is 19.3 Å². The maximum atomic E-state index is 12.8. The molecule has 0 aliphatic heterocycles. The Balaban J connectivity index is 1.61. The van der Waals surface area contributed by atoms with E-state index in [-0.39, 0.29) is 10.5 Å². The van der Waals surface area contributed by atoms with Gasteiger partial charge in [0.1, 0.15) is 0 Å². The van der Waals surface area contributed by atoms with Crippen LogP contribution in [0.3, 0.4) is 0 Å². The van der Waals surface area contributed by atoms with Gasteiger partial charge in [-0.2, -0.15) is 0 Å². The van der Waals surface area contributed by atoms with E-state index in [1.807, 2.05) is 37.3 Å². The minimum Gasteiger partial charge on any atom is -0.298 e. The fourth-order valence-corrected chi connectivity index (χ4v) is 4.96. The highest BCUT2D eigenvalue weighted by atomic mass is 32.2. The number of amides is 1. The van der Waals surface area contributed by atoms with Crippen LogP contribution < -0.4 is 10.0 Å². The Kier molecular flexibility index (Phi) is 5.27. The molecule has 4 rings (SSSR count). The molecule has 8 heteroatoms. The van der Waals surface area contributed by atoms with Crippen molar-refractivity contribution in [3.8, 4) is 0 Å². The van der Waals surface area contributed by atoms with E-state index in [1.54, 1.807) is 31.2 Å². The van der Waals surface area contributed by atoms with Crippen molar-refractivity contribution in [1.29, 1.82) is 0 Å². The van der Waals surface area contributed by atoms with E-state index in [0.29, 0.717) is 16.4 Å². The molecule has 2 N–H and O–H groups in total. The molecule has 6 nitrogen and oxygen atoms in total. The number of aromatic nitrogens is 1. The highest BCUT2D eigenvalue weighted by Gasteiger charge is 2.19. The lowest BCUT2D eigenvalue weighted by Crippen LogP contribution is -2.17. The van der Waals surface area contributed by atoms with Crippen molar-refractivity contribution in [2.24, 2.45) is 0 Å². The minimum absolute atomic E-state index is 0.0176. The number of nitrogens with zero attached hydrogens (tertiary/aromatic N) is 1. The second-order valence-corrected chi connectivity index (χ2v) is 9.61. The summed E-state index contributed by atoms with van der Waals surface area (Å²) in [5.74, 6) is -0.404. The van der Waals surface area contributed by atoms with Crippen molar-refractivity contribution < 1.29 is 13.2 Å². The van der Waals surface area contributed by atoms with Gasteiger partial charge in [0.05, 0.1) is 15.1 Å². The molecule has 1 aromatic heterocycles. The third kappa shape index (κ3) is 4.19. The Hall–Kier alpha value is -3.23. The Morgan fingerprint density at radius 2 is 1.77 bits per heavy atom. The van der Waals surface area contributed by atoms with Crippen LogP contribution in [0.5, 0.6) is 0 Å². The van der Waals surface area contributed by atoms with E-state index in [1.165, 1.54) is 23.5 Å². The first-order valence-electron chi connectivity index (χ1n) is 9.19. The molecule has 1 amide bonds. The number of benzene rings is 3. The van der Waals surface area contributed by atoms with Crippen molar-refractivity contribution in [1.82, 2.24) is 4.98 Å². The molecule has 0 spiro atoms. The molecule has 0 saturated carbocycles. The van der Waals surface area contributed by atoms with E-state index in [0.717, 1.165) is 15.8 Å². The first kappa shape index (κ1) is 20.1. The molecule has 3 aromatic carbocycles. The maximum absolute atomic E-state index is 12.8. The summed E-state index contributed by atoms with van der Waals surface area (Å²) in [7, 11) is -3.84. The highest BCUT2D eigenvalue weighted by molar-refractivity contribution is 7.92. The van der Waals surface area contributed by atoms with Gasteiger partial charge in [0.25, 0.3) is 15.9 Å². The number of carbonyl (C=O) groups is 1. The van der Waals surface area contributed by atoms with Gasteiger partial charge in [-0.15, -0.1) is 0 Å². The quantitative estimate of drug-likeness (QED) is 0.462. The van der Waals surface area contributed by atoms with Gasteiger partial charge in [-0.1, -0.05) is 41.7 Å². The Morgan fingerprint density at radius 3 is 2.53 bits per heavy atom. The van der Waals surface area contributed by atoms with Crippen LogP contribution in [0.1, 0.15) is 21.5 Å². The predicted molar refractivity (Wildman–Crippen MR) is 121 cm³/mol. The molecule has 0 bridgehead atoms. The van der Waals surface area contributed by atoms with E-state index in [4.69, 9.17) is 0 Å². The van der Waals surface area contributed by atoms with Crippen LogP contribution in [-0.2, 0) is 10.0 Å². The molecule has 0 aliphatic carbocycles. The Labute approximate surface area is 178 Å². The SMILES string of the molecule is Cc1cccc(NS(=O)(=O)c2ccc(C)c(C(=O)Nc3nc4ccccc4s3)c2)c1. The van der Waals surface area contributed by atoms with Crippen molar-refractivity contribution in [3.05, 3.63) is 83.4 Å². The number of thiazole rings is 1. The van der Waals surface area contributed by atoms with Crippen molar-refractivity contribution in [3.63, 3.8) is 0 Å². The van der Waals surface area contributed by atoms with E-state index < -0.39 is 15.9 Å². The van der Waals surface area contributed by atoms with Crippen LogP contribution in [0.2, 0.25) is 0 Å². The summed E-state index contributed by atoms with van der Waals surface area (Å²) >= 11 is 1.37. The number of aryl methyl sites for hydroxylation is 2. The molecular weight excluding hydrogens is 418 g/mol. The van der Waals surface area contributed by atoms with Crippen LogP contribution in [0, 0.1) is 13.8 Å².